The monoisotopic (exact) mass is 248 g/mol. The Labute approximate surface area is 110 Å². The minimum Gasteiger partial charge on any atom is -0.356 e. The molecule has 1 atom stereocenters. The lowest BCUT2D eigenvalue weighted by Crippen LogP contribution is -2.28. The van der Waals surface area contributed by atoms with Gasteiger partial charge in [0.2, 0.25) is 5.91 Å². The Hall–Kier alpha value is -1.35. The second kappa shape index (κ2) is 7.17. The molecule has 0 spiro atoms. The fraction of sp³-hybridized carbons (Fsp3) is 0.533. The third-order valence-corrected chi connectivity index (χ3v) is 3.08. The summed E-state index contributed by atoms with van der Waals surface area (Å²) in [5.41, 5.74) is 3.87. The highest BCUT2D eigenvalue weighted by molar-refractivity contribution is 5.75. The van der Waals surface area contributed by atoms with Crippen LogP contribution in [0.1, 0.15) is 43.0 Å². The summed E-state index contributed by atoms with van der Waals surface area (Å²) in [5.74, 6) is 0.109. The van der Waals surface area contributed by atoms with Gasteiger partial charge in [-0.2, -0.15) is 0 Å². The van der Waals surface area contributed by atoms with Gasteiger partial charge in [0.05, 0.1) is 0 Å². The van der Waals surface area contributed by atoms with E-state index >= 15 is 0 Å². The topological polar surface area (TPSA) is 41.1 Å². The molecule has 0 fully saturated rings. The van der Waals surface area contributed by atoms with E-state index in [9.17, 15) is 4.79 Å². The van der Waals surface area contributed by atoms with Crippen LogP contribution in [0.3, 0.4) is 0 Å². The number of hydrogen-bond donors (Lipinski definition) is 2. The molecular weight excluding hydrogens is 224 g/mol. The smallest absolute Gasteiger partial charge is 0.221 e. The average molecular weight is 248 g/mol. The lowest BCUT2D eigenvalue weighted by atomic mass is 10.00. The first-order valence-electron chi connectivity index (χ1n) is 6.61. The third kappa shape index (κ3) is 4.49. The SMILES string of the molecule is CCNC(=O)CCNC(C)c1cc(C)ccc1C. The number of amides is 1. The van der Waals surface area contributed by atoms with Crippen LogP contribution in [0.2, 0.25) is 0 Å². The van der Waals surface area contributed by atoms with Crippen molar-refractivity contribution in [3.05, 3.63) is 34.9 Å². The lowest BCUT2D eigenvalue weighted by Gasteiger charge is -2.17. The zero-order valence-corrected chi connectivity index (χ0v) is 11.8. The normalized spacial score (nSPS) is 12.2. The predicted octanol–water partition coefficient (Wildman–Crippen LogP) is 2.48. The van der Waals surface area contributed by atoms with Gasteiger partial charge in [0.15, 0.2) is 0 Å². The molecule has 1 aromatic rings. The summed E-state index contributed by atoms with van der Waals surface area (Å²) in [6, 6.07) is 6.76. The molecule has 3 nitrogen and oxygen atoms in total. The van der Waals surface area contributed by atoms with E-state index < -0.39 is 0 Å². The van der Waals surface area contributed by atoms with Crippen molar-refractivity contribution in [3.63, 3.8) is 0 Å². The van der Waals surface area contributed by atoms with Crippen molar-refractivity contribution < 1.29 is 4.79 Å². The van der Waals surface area contributed by atoms with E-state index in [-0.39, 0.29) is 11.9 Å². The largest absolute Gasteiger partial charge is 0.356 e. The number of nitrogens with one attached hydrogen (secondary N) is 2. The van der Waals surface area contributed by atoms with E-state index in [0.717, 1.165) is 0 Å². The van der Waals surface area contributed by atoms with Crippen LogP contribution in [0.4, 0.5) is 0 Å². The maximum Gasteiger partial charge on any atom is 0.221 e. The van der Waals surface area contributed by atoms with Gasteiger partial charge in [-0.1, -0.05) is 23.8 Å². The molecule has 1 aromatic carbocycles. The van der Waals surface area contributed by atoms with Gasteiger partial charge in [0.1, 0.15) is 0 Å². The van der Waals surface area contributed by atoms with Crippen LogP contribution in [-0.4, -0.2) is 19.0 Å². The van der Waals surface area contributed by atoms with Gasteiger partial charge < -0.3 is 10.6 Å². The maximum atomic E-state index is 11.3. The number of aryl methyl sites for hydroxylation is 2. The average Bonchev–Trinajstić information content (AvgIpc) is 2.32. The van der Waals surface area contributed by atoms with E-state index in [0.29, 0.717) is 19.5 Å². The Bertz CT molecular complexity index is 401. The first-order chi connectivity index (χ1) is 8.54. The van der Waals surface area contributed by atoms with Gasteiger partial charge in [-0.05, 0) is 38.8 Å². The van der Waals surface area contributed by atoms with Gasteiger partial charge in [-0.3, -0.25) is 4.79 Å². The first-order valence-corrected chi connectivity index (χ1v) is 6.61. The van der Waals surface area contributed by atoms with E-state index in [1.54, 1.807) is 0 Å². The molecule has 0 bridgehead atoms. The molecule has 2 N–H and O–H groups in total. The zero-order chi connectivity index (χ0) is 13.5. The quantitative estimate of drug-likeness (QED) is 0.812. The first kappa shape index (κ1) is 14.7. The molecule has 0 aliphatic rings. The summed E-state index contributed by atoms with van der Waals surface area (Å²) in [4.78, 5) is 11.3. The Balaban J connectivity index is 2.47. The number of benzene rings is 1. The van der Waals surface area contributed by atoms with Crippen molar-refractivity contribution in [1.82, 2.24) is 10.6 Å². The predicted molar refractivity (Wildman–Crippen MR) is 75.6 cm³/mol. The van der Waals surface area contributed by atoms with Crippen molar-refractivity contribution in [1.29, 1.82) is 0 Å². The highest BCUT2D eigenvalue weighted by atomic mass is 16.1. The van der Waals surface area contributed by atoms with Gasteiger partial charge in [-0.25, -0.2) is 0 Å². The number of carbonyl (C=O) groups is 1. The molecule has 1 unspecified atom stereocenters. The fourth-order valence-electron chi connectivity index (χ4n) is 2.02. The van der Waals surface area contributed by atoms with Crippen LogP contribution in [0.25, 0.3) is 0 Å². The number of hydrogen-bond acceptors (Lipinski definition) is 2. The van der Waals surface area contributed by atoms with Gasteiger partial charge >= 0.3 is 0 Å². The molecule has 0 aliphatic heterocycles. The lowest BCUT2D eigenvalue weighted by molar-refractivity contribution is -0.120. The summed E-state index contributed by atoms with van der Waals surface area (Å²) >= 11 is 0. The minimum absolute atomic E-state index is 0.109. The Morgan fingerprint density at radius 1 is 1.33 bits per heavy atom. The van der Waals surface area contributed by atoms with Crippen molar-refractivity contribution in [2.75, 3.05) is 13.1 Å². The molecular formula is C15H24N2O. The summed E-state index contributed by atoms with van der Waals surface area (Å²) < 4.78 is 0. The van der Waals surface area contributed by atoms with Crippen LogP contribution in [0, 0.1) is 13.8 Å². The van der Waals surface area contributed by atoms with Crippen LogP contribution >= 0.6 is 0 Å². The van der Waals surface area contributed by atoms with Crippen LogP contribution in [-0.2, 0) is 4.79 Å². The van der Waals surface area contributed by atoms with E-state index in [4.69, 9.17) is 0 Å². The molecule has 1 rings (SSSR count). The molecule has 3 heteroatoms. The second-order valence-electron chi connectivity index (χ2n) is 4.74. The molecule has 0 saturated heterocycles. The number of carbonyl (C=O) groups excluding carboxylic acids is 1. The van der Waals surface area contributed by atoms with Crippen LogP contribution in [0.5, 0.6) is 0 Å². The highest BCUT2D eigenvalue weighted by Crippen LogP contribution is 2.18. The van der Waals surface area contributed by atoms with E-state index in [1.165, 1.54) is 16.7 Å². The van der Waals surface area contributed by atoms with Gasteiger partial charge in [0, 0.05) is 25.6 Å². The molecule has 0 aliphatic carbocycles. The molecule has 0 aromatic heterocycles. The molecule has 0 saturated carbocycles. The molecule has 100 valence electrons. The zero-order valence-electron chi connectivity index (χ0n) is 11.8. The van der Waals surface area contributed by atoms with E-state index in [2.05, 4.69) is 49.6 Å². The van der Waals surface area contributed by atoms with E-state index in [1.807, 2.05) is 6.92 Å². The van der Waals surface area contributed by atoms with Crippen LogP contribution in [0.15, 0.2) is 18.2 Å². The summed E-state index contributed by atoms with van der Waals surface area (Å²) in [7, 11) is 0. The number of rotatable bonds is 6. The Kier molecular flexibility index (Phi) is 5.86. The Morgan fingerprint density at radius 2 is 2.06 bits per heavy atom. The van der Waals surface area contributed by atoms with Crippen molar-refractivity contribution in [2.45, 2.75) is 40.2 Å². The van der Waals surface area contributed by atoms with Gasteiger partial charge in [-0.15, -0.1) is 0 Å². The third-order valence-electron chi connectivity index (χ3n) is 3.08. The van der Waals surface area contributed by atoms with Crippen molar-refractivity contribution in [2.24, 2.45) is 0 Å². The summed E-state index contributed by atoms with van der Waals surface area (Å²) in [6.07, 6.45) is 0.531. The standard InChI is InChI=1S/C15H24N2O/c1-5-16-15(18)8-9-17-13(4)14-10-11(2)6-7-12(14)3/h6-7,10,13,17H,5,8-9H2,1-4H3,(H,16,18). The Morgan fingerprint density at radius 3 is 2.72 bits per heavy atom. The molecule has 0 radical (unpaired) electrons. The van der Waals surface area contributed by atoms with Crippen LogP contribution < -0.4 is 10.6 Å². The van der Waals surface area contributed by atoms with Crippen molar-refractivity contribution >= 4 is 5.91 Å². The summed E-state index contributed by atoms with van der Waals surface area (Å²) in [5, 5.41) is 6.20. The molecule has 0 heterocycles. The van der Waals surface area contributed by atoms with Crippen molar-refractivity contribution in [3.8, 4) is 0 Å². The maximum absolute atomic E-state index is 11.3. The molecule has 18 heavy (non-hydrogen) atoms. The minimum atomic E-state index is 0.109. The van der Waals surface area contributed by atoms with Gasteiger partial charge in [0.25, 0.3) is 0 Å². The fourth-order valence-corrected chi connectivity index (χ4v) is 2.02. The summed E-state index contributed by atoms with van der Waals surface area (Å²) in [6.45, 7) is 9.70. The second-order valence-corrected chi connectivity index (χ2v) is 4.74. The molecule has 1 amide bonds. The highest BCUT2D eigenvalue weighted by Gasteiger charge is 2.08.